The van der Waals surface area contributed by atoms with Crippen LogP contribution in [0.2, 0.25) is 0 Å². The van der Waals surface area contributed by atoms with Crippen LogP contribution in [0.4, 0.5) is 0 Å². The molecule has 0 unspecified atom stereocenters. The third-order valence-electron chi connectivity index (χ3n) is 3.80. The Balaban J connectivity index is 1.86. The fourth-order valence-electron chi connectivity index (χ4n) is 2.68. The second-order valence-corrected chi connectivity index (χ2v) is 6.28. The molecule has 1 amide bonds. The van der Waals surface area contributed by atoms with E-state index in [-0.39, 0.29) is 11.6 Å². The van der Waals surface area contributed by atoms with Crippen LogP contribution in [0, 0.1) is 0 Å². The van der Waals surface area contributed by atoms with E-state index in [1.165, 1.54) is 24.3 Å². The summed E-state index contributed by atoms with van der Waals surface area (Å²) in [6, 6.07) is 0. The lowest BCUT2D eigenvalue weighted by atomic mass is 10.1. The first-order valence-electron chi connectivity index (χ1n) is 7.14. The molecule has 7 heteroatoms. The first-order chi connectivity index (χ1) is 10.2. The molecule has 3 heterocycles. The van der Waals surface area contributed by atoms with Crippen molar-refractivity contribution in [3.63, 3.8) is 0 Å². The van der Waals surface area contributed by atoms with E-state index in [2.05, 4.69) is 4.98 Å². The third-order valence-corrected chi connectivity index (χ3v) is 4.90. The number of aromatic nitrogens is 2. The number of rotatable bonds is 2. The lowest BCUT2D eigenvalue weighted by Crippen LogP contribution is -2.34. The van der Waals surface area contributed by atoms with Gasteiger partial charge in [-0.2, -0.15) is 0 Å². The Morgan fingerprint density at radius 1 is 1.14 bits per heavy atom. The molecule has 1 saturated heterocycles. The molecule has 1 N–H and O–H groups in total. The zero-order valence-corrected chi connectivity index (χ0v) is 12.4. The van der Waals surface area contributed by atoms with Gasteiger partial charge in [0.1, 0.15) is 0 Å². The maximum absolute atomic E-state index is 12.1. The number of piperidine rings is 1. The molecule has 0 bridgehead atoms. The summed E-state index contributed by atoms with van der Waals surface area (Å²) >= 11 is 1.48. The van der Waals surface area contributed by atoms with Crippen molar-refractivity contribution < 1.29 is 4.79 Å². The zero-order valence-electron chi connectivity index (χ0n) is 11.6. The van der Waals surface area contributed by atoms with Crippen molar-refractivity contribution in [1.29, 1.82) is 0 Å². The zero-order chi connectivity index (χ0) is 14.8. The van der Waals surface area contributed by atoms with Crippen molar-refractivity contribution in [2.45, 2.75) is 30.8 Å². The summed E-state index contributed by atoms with van der Waals surface area (Å²) in [6.45, 7) is 2.15. The van der Waals surface area contributed by atoms with Gasteiger partial charge in [0.25, 0.3) is 5.56 Å². The molecule has 1 aromatic heterocycles. The molecular formula is C14H17N3O3S. The first-order valence-corrected chi connectivity index (χ1v) is 8.12. The first kappa shape index (κ1) is 14.2. The molecule has 0 atom stereocenters. The van der Waals surface area contributed by atoms with Gasteiger partial charge in [-0.05, 0) is 25.3 Å². The summed E-state index contributed by atoms with van der Waals surface area (Å²) in [5, 5.41) is 0.659. The minimum atomic E-state index is -0.427. The number of hydrogen-bond acceptors (Lipinski definition) is 4. The summed E-state index contributed by atoms with van der Waals surface area (Å²) in [5.41, 5.74) is -0.398. The number of likely N-dealkylation sites (tertiary alicyclic amines) is 1. The summed E-state index contributed by atoms with van der Waals surface area (Å²) in [4.78, 5) is 39.8. The highest BCUT2D eigenvalue weighted by Crippen LogP contribution is 2.25. The Hall–Kier alpha value is -1.76. The Labute approximate surface area is 125 Å². The van der Waals surface area contributed by atoms with Gasteiger partial charge in [0.2, 0.25) is 5.91 Å². The van der Waals surface area contributed by atoms with Gasteiger partial charge in [-0.1, -0.05) is 0 Å². The minimum Gasteiger partial charge on any atom is -0.339 e. The average Bonchev–Trinajstić information content (AvgIpc) is 2.97. The summed E-state index contributed by atoms with van der Waals surface area (Å²) < 4.78 is 1.55. The normalized spacial score (nSPS) is 18.2. The molecule has 0 radical (unpaired) electrons. The molecule has 1 fully saturated rings. The molecule has 3 rings (SSSR count). The van der Waals surface area contributed by atoms with Gasteiger partial charge in [0, 0.05) is 31.5 Å². The van der Waals surface area contributed by atoms with Crippen LogP contribution in [0.3, 0.4) is 0 Å². The standard InChI is InChI=1S/C14H17N3O3S/c18-11(16-6-2-1-3-7-16)5-4-10-12(19)15-14(20)17-8-9-21-13(10)17/h4-5H,1-3,6-9H2,(H,15,19,20). The van der Waals surface area contributed by atoms with E-state index in [0.717, 1.165) is 31.7 Å². The Morgan fingerprint density at radius 3 is 2.67 bits per heavy atom. The highest BCUT2D eigenvalue weighted by Gasteiger charge is 2.19. The number of nitrogens with zero attached hydrogens (tertiary/aromatic N) is 2. The minimum absolute atomic E-state index is 0.0675. The maximum Gasteiger partial charge on any atom is 0.329 e. The van der Waals surface area contributed by atoms with Gasteiger partial charge >= 0.3 is 5.69 Å². The van der Waals surface area contributed by atoms with E-state index in [1.807, 2.05) is 0 Å². The topological polar surface area (TPSA) is 75.2 Å². The Bertz CT molecular complexity index is 698. The number of nitrogens with one attached hydrogen (secondary N) is 1. The quantitative estimate of drug-likeness (QED) is 0.643. The van der Waals surface area contributed by atoms with Gasteiger partial charge in [-0.3, -0.25) is 19.1 Å². The van der Waals surface area contributed by atoms with E-state index < -0.39 is 5.56 Å². The van der Waals surface area contributed by atoms with Crippen molar-refractivity contribution in [2.24, 2.45) is 0 Å². The van der Waals surface area contributed by atoms with E-state index in [1.54, 1.807) is 15.5 Å². The summed E-state index contributed by atoms with van der Waals surface area (Å²) in [7, 11) is 0. The molecule has 112 valence electrons. The van der Waals surface area contributed by atoms with Crippen LogP contribution in [0.1, 0.15) is 24.8 Å². The maximum atomic E-state index is 12.1. The van der Waals surface area contributed by atoms with Crippen molar-refractivity contribution in [3.8, 4) is 0 Å². The number of aromatic amines is 1. The highest BCUT2D eigenvalue weighted by atomic mass is 32.2. The van der Waals surface area contributed by atoms with Gasteiger partial charge in [-0.15, -0.1) is 11.8 Å². The fraction of sp³-hybridized carbons (Fsp3) is 0.500. The predicted octanol–water partition coefficient (Wildman–Crippen LogP) is 0.668. The molecule has 0 aromatic carbocycles. The number of carbonyl (C=O) groups excluding carboxylic acids is 1. The molecular weight excluding hydrogens is 290 g/mol. The summed E-state index contributed by atoms with van der Waals surface area (Å²) in [6.07, 6.45) is 6.22. The van der Waals surface area contributed by atoms with Gasteiger partial charge in [0.15, 0.2) is 0 Å². The largest absolute Gasteiger partial charge is 0.339 e. The molecule has 0 saturated carbocycles. The van der Waals surface area contributed by atoms with E-state index in [4.69, 9.17) is 0 Å². The monoisotopic (exact) mass is 307 g/mol. The van der Waals surface area contributed by atoms with Crippen molar-refractivity contribution in [3.05, 3.63) is 32.5 Å². The molecule has 0 spiro atoms. The third kappa shape index (κ3) is 2.83. The van der Waals surface area contributed by atoms with Crippen LogP contribution in [-0.4, -0.2) is 39.2 Å². The second-order valence-electron chi connectivity index (χ2n) is 5.20. The van der Waals surface area contributed by atoms with E-state index >= 15 is 0 Å². The second kappa shape index (κ2) is 5.93. The van der Waals surface area contributed by atoms with Crippen molar-refractivity contribution in [1.82, 2.24) is 14.5 Å². The highest BCUT2D eigenvalue weighted by molar-refractivity contribution is 7.99. The number of hydrogen-bond donors (Lipinski definition) is 1. The smallest absolute Gasteiger partial charge is 0.329 e. The lowest BCUT2D eigenvalue weighted by molar-refractivity contribution is -0.126. The SMILES string of the molecule is O=C(C=Cc1c2n(c(=O)[nH]c1=O)CCS2)N1CCCCC1. The van der Waals surface area contributed by atoms with Crippen LogP contribution < -0.4 is 11.2 Å². The number of fused-ring (bicyclic) bond motifs is 1. The van der Waals surface area contributed by atoms with Crippen molar-refractivity contribution in [2.75, 3.05) is 18.8 Å². The van der Waals surface area contributed by atoms with E-state index in [0.29, 0.717) is 17.1 Å². The molecule has 0 aliphatic carbocycles. The molecule has 2 aliphatic rings. The summed E-state index contributed by atoms with van der Waals surface area (Å²) in [5.74, 6) is 0.704. The Kier molecular flexibility index (Phi) is 4.01. The van der Waals surface area contributed by atoms with Crippen LogP contribution >= 0.6 is 11.8 Å². The number of thioether (sulfide) groups is 1. The van der Waals surface area contributed by atoms with Crippen LogP contribution in [0.5, 0.6) is 0 Å². The number of amides is 1. The van der Waals surface area contributed by atoms with Gasteiger partial charge < -0.3 is 4.90 Å². The molecule has 2 aliphatic heterocycles. The lowest BCUT2D eigenvalue weighted by Gasteiger charge is -2.25. The molecule has 6 nitrogen and oxygen atoms in total. The van der Waals surface area contributed by atoms with Gasteiger partial charge in [0.05, 0.1) is 10.6 Å². The Morgan fingerprint density at radius 2 is 1.90 bits per heavy atom. The van der Waals surface area contributed by atoms with Crippen LogP contribution in [-0.2, 0) is 11.3 Å². The number of carbonyl (C=O) groups is 1. The number of H-pyrrole nitrogens is 1. The van der Waals surface area contributed by atoms with Gasteiger partial charge in [-0.25, -0.2) is 4.79 Å². The molecule has 21 heavy (non-hydrogen) atoms. The van der Waals surface area contributed by atoms with E-state index in [9.17, 15) is 14.4 Å². The predicted molar refractivity (Wildman–Crippen MR) is 81.5 cm³/mol. The molecule has 1 aromatic rings. The van der Waals surface area contributed by atoms with Crippen molar-refractivity contribution >= 4 is 23.7 Å². The van der Waals surface area contributed by atoms with Crippen LogP contribution in [0.15, 0.2) is 20.7 Å². The fourth-order valence-corrected chi connectivity index (χ4v) is 3.79. The van der Waals surface area contributed by atoms with Crippen LogP contribution in [0.25, 0.3) is 6.08 Å². The average molecular weight is 307 g/mol.